The van der Waals surface area contributed by atoms with E-state index in [0.717, 1.165) is 56.2 Å². The minimum atomic E-state index is -0.287. The van der Waals surface area contributed by atoms with Gasteiger partial charge in [0.05, 0.1) is 12.5 Å². The normalized spacial score (nSPS) is 29.0. The van der Waals surface area contributed by atoms with Crippen molar-refractivity contribution >= 4 is 17.3 Å². The Labute approximate surface area is 154 Å². The molecule has 1 aromatic carbocycles. The van der Waals surface area contributed by atoms with Crippen molar-refractivity contribution in [3.8, 4) is 0 Å². The van der Waals surface area contributed by atoms with E-state index in [1.807, 2.05) is 35.2 Å². The number of hydrogen-bond acceptors (Lipinski definition) is 3. The maximum absolute atomic E-state index is 13.0. The van der Waals surface area contributed by atoms with Crippen LogP contribution < -0.4 is 0 Å². The number of amides is 1. The molecule has 0 bridgehead atoms. The van der Waals surface area contributed by atoms with E-state index in [0.29, 0.717) is 18.5 Å². The zero-order valence-electron chi connectivity index (χ0n) is 15.2. The number of likely N-dealkylation sites (tertiary alicyclic amines) is 1. The Bertz CT molecular complexity index is 739. The predicted octanol–water partition coefficient (Wildman–Crippen LogP) is 3.35. The zero-order valence-corrected chi connectivity index (χ0v) is 15.2. The maximum atomic E-state index is 13.0. The lowest BCUT2D eigenvalue weighted by Crippen LogP contribution is -2.49. The Balaban J connectivity index is 1.52. The lowest BCUT2D eigenvalue weighted by Gasteiger charge is -2.42. The summed E-state index contributed by atoms with van der Waals surface area (Å²) in [4.78, 5) is 27.3. The van der Waals surface area contributed by atoms with Crippen LogP contribution in [-0.4, -0.2) is 40.9 Å². The van der Waals surface area contributed by atoms with E-state index in [9.17, 15) is 14.7 Å². The number of carbonyl (C=O) groups is 2. The van der Waals surface area contributed by atoms with E-state index in [2.05, 4.69) is 0 Å². The topological polar surface area (TPSA) is 57.6 Å². The molecule has 1 saturated carbocycles. The van der Waals surface area contributed by atoms with E-state index >= 15 is 0 Å². The van der Waals surface area contributed by atoms with Gasteiger partial charge in [-0.2, -0.15) is 0 Å². The number of Topliss-reactive ketones (excluding diaryl/α,β-unsaturated/α-hetero) is 1. The van der Waals surface area contributed by atoms with E-state index in [-0.39, 0.29) is 29.6 Å². The highest BCUT2D eigenvalue weighted by Crippen LogP contribution is 2.45. The number of rotatable bonds is 3. The maximum Gasteiger partial charge on any atom is 0.227 e. The number of carbonyl (C=O) groups excluding carboxylic acids is 2. The number of benzene rings is 1. The Morgan fingerprint density at radius 3 is 2.65 bits per heavy atom. The number of hydrogen-bond donors (Lipinski definition) is 1. The average molecular weight is 353 g/mol. The first-order valence-electron chi connectivity index (χ1n) is 9.85. The second-order valence-electron chi connectivity index (χ2n) is 8.11. The third-order valence-corrected chi connectivity index (χ3v) is 6.57. The van der Waals surface area contributed by atoms with Crippen molar-refractivity contribution < 1.29 is 14.7 Å². The van der Waals surface area contributed by atoms with Crippen LogP contribution in [0.5, 0.6) is 0 Å². The molecular formula is C22H27NO3. The summed E-state index contributed by atoms with van der Waals surface area (Å²) in [5, 5.41) is 10.4. The highest BCUT2D eigenvalue weighted by Gasteiger charge is 2.45. The van der Waals surface area contributed by atoms with Crippen molar-refractivity contribution in [1.82, 2.24) is 4.90 Å². The summed E-state index contributed by atoms with van der Waals surface area (Å²) >= 11 is 0. The first-order valence-corrected chi connectivity index (χ1v) is 9.85. The molecule has 0 unspecified atom stereocenters. The van der Waals surface area contributed by atoms with Gasteiger partial charge in [-0.15, -0.1) is 0 Å². The van der Waals surface area contributed by atoms with Gasteiger partial charge in [0.1, 0.15) is 0 Å². The van der Waals surface area contributed by atoms with Gasteiger partial charge < -0.3 is 10.0 Å². The largest absolute Gasteiger partial charge is 0.392 e. The third kappa shape index (κ3) is 3.11. The second kappa shape index (κ2) is 6.99. The number of aliphatic hydroxyl groups excluding tert-OH is 1. The SMILES string of the molecule is O=C1CCC(c2ccccc2)=C1CC(=O)N1CCC[C@]2(CCC[C@H]2O)C1. The lowest BCUT2D eigenvalue weighted by molar-refractivity contribution is -0.136. The van der Waals surface area contributed by atoms with Gasteiger partial charge in [0.2, 0.25) is 5.91 Å². The summed E-state index contributed by atoms with van der Waals surface area (Å²) < 4.78 is 0. The summed E-state index contributed by atoms with van der Waals surface area (Å²) in [6.45, 7) is 1.39. The van der Waals surface area contributed by atoms with Gasteiger partial charge in [-0.05, 0) is 43.2 Å². The monoisotopic (exact) mass is 353 g/mol. The van der Waals surface area contributed by atoms with Crippen LogP contribution in [0.2, 0.25) is 0 Å². The fraction of sp³-hybridized carbons (Fsp3) is 0.545. The smallest absolute Gasteiger partial charge is 0.227 e. The van der Waals surface area contributed by atoms with Gasteiger partial charge >= 0.3 is 0 Å². The average Bonchev–Trinajstić information content (AvgIpc) is 3.19. The van der Waals surface area contributed by atoms with Crippen molar-refractivity contribution in [1.29, 1.82) is 0 Å². The lowest BCUT2D eigenvalue weighted by atomic mass is 9.76. The molecule has 26 heavy (non-hydrogen) atoms. The summed E-state index contributed by atoms with van der Waals surface area (Å²) in [5.41, 5.74) is 2.69. The summed E-state index contributed by atoms with van der Waals surface area (Å²) in [6.07, 6.45) is 6.02. The Kier molecular flexibility index (Phi) is 4.70. The van der Waals surface area contributed by atoms with Gasteiger partial charge in [0.15, 0.2) is 5.78 Å². The van der Waals surface area contributed by atoms with Crippen LogP contribution in [0.3, 0.4) is 0 Å². The van der Waals surface area contributed by atoms with Crippen molar-refractivity contribution in [2.24, 2.45) is 5.41 Å². The van der Waals surface area contributed by atoms with Crippen LogP contribution in [0.4, 0.5) is 0 Å². The van der Waals surface area contributed by atoms with E-state index < -0.39 is 0 Å². The van der Waals surface area contributed by atoms with Crippen LogP contribution in [0.15, 0.2) is 35.9 Å². The summed E-state index contributed by atoms with van der Waals surface area (Å²) in [6, 6.07) is 9.94. The predicted molar refractivity (Wildman–Crippen MR) is 100 cm³/mol. The quantitative estimate of drug-likeness (QED) is 0.907. The number of nitrogens with zero attached hydrogens (tertiary/aromatic N) is 1. The molecule has 2 fully saturated rings. The highest BCUT2D eigenvalue weighted by molar-refractivity contribution is 6.10. The molecule has 0 aromatic heterocycles. The van der Waals surface area contributed by atoms with Crippen LogP contribution >= 0.6 is 0 Å². The minimum absolute atomic E-state index is 0.0434. The van der Waals surface area contributed by atoms with E-state index in [1.165, 1.54) is 0 Å². The fourth-order valence-corrected chi connectivity index (χ4v) is 5.10. The molecule has 1 amide bonds. The molecule has 138 valence electrons. The summed E-state index contributed by atoms with van der Waals surface area (Å²) in [5.74, 6) is 0.159. The standard InChI is InChI=1S/C22H27NO3/c24-19-10-9-17(16-6-2-1-3-7-16)18(19)14-21(26)23-13-5-12-22(15-23)11-4-8-20(22)25/h1-3,6-7,20,25H,4-5,8-15H2/t20-,22-/m1/s1. The first kappa shape index (κ1) is 17.5. The Morgan fingerprint density at radius 2 is 1.92 bits per heavy atom. The highest BCUT2D eigenvalue weighted by atomic mass is 16.3. The third-order valence-electron chi connectivity index (χ3n) is 6.57. The van der Waals surface area contributed by atoms with Crippen molar-refractivity contribution in [2.45, 2.75) is 57.5 Å². The molecule has 3 aliphatic rings. The van der Waals surface area contributed by atoms with Crippen LogP contribution in [0.1, 0.15) is 56.9 Å². The molecule has 4 rings (SSSR count). The van der Waals surface area contributed by atoms with Gasteiger partial charge in [-0.25, -0.2) is 0 Å². The van der Waals surface area contributed by atoms with Gasteiger partial charge in [0.25, 0.3) is 0 Å². The van der Waals surface area contributed by atoms with Crippen LogP contribution in [0.25, 0.3) is 5.57 Å². The molecule has 4 heteroatoms. The van der Waals surface area contributed by atoms with Crippen molar-refractivity contribution in [3.63, 3.8) is 0 Å². The van der Waals surface area contributed by atoms with E-state index in [1.54, 1.807) is 0 Å². The van der Waals surface area contributed by atoms with E-state index in [4.69, 9.17) is 0 Å². The molecule has 1 saturated heterocycles. The molecule has 4 nitrogen and oxygen atoms in total. The molecule has 0 radical (unpaired) electrons. The van der Waals surface area contributed by atoms with Gasteiger partial charge in [-0.3, -0.25) is 9.59 Å². The fourth-order valence-electron chi connectivity index (χ4n) is 5.10. The summed E-state index contributed by atoms with van der Waals surface area (Å²) in [7, 11) is 0. The number of aliphatic hydroxyl groups is 1. The molecule has 1 spiro atoms. The molecule has 2 atom stereocenters. The molecule has 1 aliphatic heterocycles. The Hall–Kier alpha value is -1.94. The molecule has 1 aromatic rings. The number of allylic oxidation sites excluding steroid dienone is 1. The van der Waals surface area contributed by atoms with Crippen molar-refractivity contribution in [3.05, 3.63) is 41.5 Å². The zero-order chi connectivity index (χ0) is 18.1. The number of piperidine rings is 1. The minimum Gasteiger partial charge on any atom is -0.392 e. The molecule has 1 heterocycles. The first-order chi connectivity index (χ1) is 12.6. The van der Waals surface area contributed by atoms with Gasteiger partial charge in [0, 0.05) is 30.5 Å². The van der Waals surface area contributed by atoms with Crippen LogP contribution in [0, 0.1) is 5.41 Å². The number of ketones is 1. The molecule has 1 N–H and O–H groups in total. The second-order valence-corrected chi connectivity index (χ2v) is 8.11. The molecular weight excluding hydrogens is 326 g/mol. The van der Waals surface area contributed by atoms with Crippen LogP contribution in [-0.2, 0) is 9.59 Å². The molecule has 2 aliphatic carbocycles. The Morgan fingerprint density at radius 1 is 1.15 bits per heavy atom. The van der Waals surface area contributed by atoms with Gasteiger partial charge in [-0.1, -0.05) is 36.8 Å². The van der Waals surface area contributed by atoms with Crippen molar-refractivity contribution in [2.75, 3.05) is 13.1 Å².